The number of nitrogens with zero attached hydrogens (tertiary/aromatic N) is 1. The number of esters is 1. The minimum absolute atomic E-state index is 0.0595. The molecule has 3 rings (SSSR count). The van der Waals surface area contributed by atoms with Crippen LogP contribution in [0.15, 0.2) is 42.6 Å². The molecule has 0 N–H and O–H groups in total. The second-order valence-electron chi connectivity index (χ2n) is 8.77. The van der Waals surface area contributed by atoms with Crippen molar-refractivity contribution >= 4 is 5.97 Å². The van der Waals surface area contributed by atoms with Crippen LogP contribution in [-0.4, -0.2) is 11.0 Å². The molecule has 0 aliphatic heterocycles. The summed E-state index contributed by atoms with van der Waals surface area (Å²) in [6.45, 7) is 4.39. The van der Waals surface area contributed by atoms with E-state index in [9.17, 15) is 4.79 Å². The maximum Gasteiger partial charge on any atom is 0.314 e. The summed E-state index contributed by atoms with van der Waals surface area (Å²) in [5, 5.41) is 0. The third-order valence-corrected chi connectivity index (χ3v) is 6.50. The first-order valence-corrected chi connectivity index (χ1v) is 12.0. The van der Waals surface area contributed by atoms with Gasteiger partial charge in [0.05, 0.1) is 11.6 Å². The molecule has 30 heavy (non-hydrogen) atoms. The fraction of sp³-hybridized carbons (Fsp3) is 0.556. The fourth-order valence-corrected chi connectivity index (χ4v) is 4.42. The summed E-state index contributed by atoms with van der Waals surface area (Å²) in [6.07, 6.45) is 15.3. The molecule has 1 aromatic heterocycles. The highest BCUT2D eigenvalue weighted by Gasteiger charge is 2.27. The number of carbonyl (C=O) groups is 1. The molecule has 3 heteroatoms. The number of hydrogen-bond acceptors (Lipinski definition) is 3. The molecule has 1 fully saturated rings. The monoisotopic (exact) mass is 407 g/mol. The minimum Gasteiger partial charge on any atom is -0.426 e. The van der Waals surface area contributed by atoms with Crippen LogP contribution in [0.4, 0.5) is 0 Å². The summed E-state index contributed by atoms with van der Waals surface area (Å²) >= 11 is 0. The Morgan fingerprint density at radius 1 is 0.933 bits per heavy atom. The Bertz CT molecular complexity index is 758. The van der Waals surface area contributed by atoms with Gasteiger partial charge in [0.25, 0.3) is 0 Å². The van der Waals surface area contributed by atoms with Gasteiger partial charge in [-0.2, -0.15) is 0 Å². The molecular weight excluding hydrogens is 370 g/mol. The number of rotatable bonds is 10. The van der Waals surface area contributed by atoms with Crippen molar-refractivity contribution < 1.29 is 9.53 Å². The summed E-state index contributed by atoms with van der Waals surface area (Å²) in [7, 11) is 0. The van der Waals surface area contributed by atoms with Gasteiger partial charge in [-0.25, -0.2) is 0 Å². The number of hydrogen-bond donors (Lipinski definition) is 0. The Labute approximate surface area is 182 Å². The van der Waals surface area contributed by atoms with Gasteiger partial charge in [-0.05, 0) is 73.9 Å². The van der Waals surface area contributed by atoms with Gasteiger partial charge in [0.2, 0.25) is 0 Å². The van der Waals surface area contributed by atoms with Crippen LogP contribution >= 0.6 is 0 Å². The zero-order valence-corrected chi connectivity index (χ0v) is 18.7. The molecule has 0 atom stereocenters. The summed E-state index contributed by atoms with van der Waals surface area (Å²) in [6, 6.07) is 11.9. The number of aryl methyl sites for hydroxylation is 1. The van der Waals surface area contributed by atoms with E-state index in [1.54, 1.807) is 0 Å². The van der Waals surface area contributed by atoms with Crippen molar-refractivity contribution in [3.63, 3.8) is 0 Å². The molecule has 0 radical (unpaired) electrons. The first-order valence-electron chi connectivity index (χ1n) is 12.0. The number of ether oxygens (including phenoxy) is 1. The van der Waals surface area contributed by atoms with Crippen molar-refractivity contribution in [1.82, 2.24) is 4.98 Å². The molecule has 1 saturated carbocycles. The van der Waals surface area contributed by atoms with Crippen molar-refractivity contribution in [2.45, 2.75) is 84.5 Å². The summed E-state index contributed by atoms with van der Waals surface area (Å²) in [5.74, 6) is 1.44. The van der Waals surface area contributed by atoms with Crippen LogP contribution in [0, 0.1) is 11.8 Å². The molecule has 1 aliphatic rings. The maximum atomic E-state index is 12.6. The van der Waals surface area contributed by atoms with Gasteiger partial charge in [0.1, 0.15) is 5.75 Å². The lowest BCUT2D eigenvalue weighted by atomic mass is 9.80. The quantitative estimate of drug-likeness (QED) is 0.234. The number of pyridine rings is 1. The number of unbranched alkanes of at least 4 members (excludes halogenated alkanes) is 4. The van der Waals surface area contributed by atoms with Crippen LogP contribution in [0.1, 0.15) is 83.6 Å². The molecule has 0 bridgehead atoms. The van der Waals surface area contributed by atoms with Gasteiger partial charge >= 0.3 is 5.97 Å². The second kappa shape index (κ2) is 11.9. The van der Waals surface area contributed by atoms with Gasteiger partial charge < -0.3 is 4.74 Å². The minimum atomic E-state index is -0.0606. The second-order valence-corrected chi connectivity index (χ2v) is 8.77. The zero-order chi connectivity index (χ0) is 21.2. The number of carbonyl (C=O) groups excluding carboxylic acids is 1. The zero-order valence-electron chi connectivity index (χ0n) is 18.7. The normalized spacial score (nSPS) is 18.9. The maximum absolute atomic E-state index is 12.6. The van der Waals surface area contributed by atoms with Crippen molar-refractivity contribution in [1.29, 1.82) is 0 Å². The SMILES string of the molecule is CCCCCCC[C@H]1CC[C@H](C(=O)Oc2ccc(-c3ccc(CC)cn3)cc2)CC1. The molecule has 1 aromatic carbocycles. The molecule has 162 valence electrons. The van der Waals surface area contributed by atoms with Crippen molar-refractivity contribution in [2.75, 3.05) is 0 Å². The summed E-state index contributed by atoms with van der Waals surface area (Å²) < 4.78 is 5.68. The fourth-order valence-electron chi connectivity index (χ4n) is 4.42. The smallest absolute Gasteiger partial charge is 0.314 e. The predicted octanol–water partition coefficient (Wildman–Crippen LogP) is 7.38. The average Bonchev–Trinajstić information content (AvgIpc) is 2.80. The molecule has 0 spiro atoms. The van der Waals surface area contributed by atoms with E-state index in [1.807, 2.05) is 36.5 Å². The van der Waals surface area contributed by atoms with Crippen LogP contribution in [0.3, 0.4) is 0 Å². The third kappa shape index (κ3) is 6.68. The van der Waals surface area contributed by atoms with Crippen molar-refractivity contribution in [3.8, 4) is 17.0 Å². The standard InChI is InChI=1S/C27H37NO2/c1-3-5-6-7-8-9-22-10-13-24(14-11-22)27(29)30-25-17-15-23(16-18-25)26-19-12-21(4-2)20-28-26/h12,15-20,22,24H,3-11,13-14H2,1-2H3/t22-,24-. The van der Waals surface area contributed by atoms with Crippen LogP contribution in [0.25, 0.3) is 11.3 Å². The first-order chi connectivity index (χ1) is 14.7. The number of benzene rings is 1. The van der Waals surface area contributed by atoms with E-state index in [1.165, 1.54) is 56.9 Å². The Hall–Kier alpha value is -2.16. The highest BCUT2D eigenvalue weighted by Crippen LogP contribution is 2.33. The third-order valence-electron chi connectivity index (χ3n) is 6.50. The lowest BCUT2D eigenvalue weighted by Crippen LogP contribution is -2.25. The van der Waals surface area contributed by atoms with Crippen LogP contribution in [0.5, 0.6) is 5.75 Å². The van der Waals surface area contributed by atoms with Gasteiger partial charge in [-0.1, -0.05) is 58.4 Å². The Kier molecular flexibility index (Phi) is 8.92. The van der Waals surface area contributed by atoms with E-state index in [0.717, 1.165) is 36.4 Å². The van der Waals surface area contributed by atoms with E-state index >= 15 is 0 Å². The van der Waals surface area contributed by atoms with E-state index in [0.29, 0.717) is 5.75 Å². The lowest BCUT2D eigenvalue weighted by molar-refractivity contribution is -0.140. The summed E-state index contributed by atoms with van der Waals surface area (Å²) in [5.41, 5.74) is 3.21. The largest absolute Gasteiger partial charge is 0.426 e. The molecule has 0 amide bonds. The highest BCUT2D eigenvalue weighted by atomic mass is 16.5. The molecule has 1 heterocycles. The van der Waals surface area contributed by atoms with E-state index < -0.39 is 0 Å². The van der Waals surface area contributed by atoms with E-state index in [-0.39, 0.29) is 11.9 Å². The van der Waals surface area contributed by atoms with Gasteiger partial charge in [0.15, 0.2) is 0 Å². The predicted molar refractivity (Wildman–Crippen MR) is 124 cm³/mol. The Morgan fingerprint density at radius 3 is 2.30 bits per heavy atom. The van der Waals surface area contributed by atoms with Gasteiger partial charge in [-0.15, -0.1) is 0 Å². The van der Waals surface area contributed by atoms with Crippen LogP contribution in [0.2, 0.25) is 0 Å². The lowest BCUT2D eigenvalue weighted by Gasteiger charge is -2.27. The topological polar surface area (TPSA) is 39.2 Å². The Balaban J connectivity index is 1.42. The molecule has 0 unspecified atom stereocenters. The molecule has 3 nitrogen and oxygen atoms in total. The molecule has 1 aliphatic carbocycles. The van der Waals surface area contributed by atoms with Gasteiger partial charge in [-0.3, -0.25) is 9.78 Å². The molecular formula is C27H37NO2. The average molecular weight is 408 g/mol. The van der Waals surface area contributed by atoms with Gasteiger partial charge in [0, 0.05) is 11.8 Å². The highest BCUT2D eigenvalue weighted by molar-refractivity contribution is 5.75. The molecule has 0 saturated heterocycles. The number of aromatic nitrogens is 1. The van der Waals surface area contributed by atoms with Crippen LogP contribution in [-0.2, 0) is 11.2 Å². The first kappa shape index (κ1) is 22.5. The van der Waals surface area contributed by atoms with E-state index in [2.05, 4.69) is 24.9 Å². The van der Waals surface area contributed by atoms with Crippen molar-refractivity contribution in [3.05, 3.63) is 48.2 Å². The van der Waals surface area contributed by atoms with Crippen molar-refractivity contribution in [2.24, 2.45) is 11.8 Å². The van der Waals surface area contributed by atoms with Crippen LogP contribution < -0.4 is 4.74 Å². The summed E-state index contributed by atoms with van der Waals surface area (Å²) in [4.78, 5) is 17.1. The molecule has 2 aromatic rings. The van der Waals surface area contributed by atoms with E-state index in [4.69, 9.17) is 4.74 Å². The Morgan fingerprint density at radius 2 is 1.67 bits per heavy atom.